The molecular formula is C24H42O24U2. The zero-order valence-corrected chi connectivity index (χ0v) is 37.4. The van der Waals surface area contributed by atoms with Crippen LogP contribution < -0.4 is 30.6 Å². The van der Waals surface area contributed by atoms with E-state index in [2.05, 4.69) is 0 Å². The summed E-state index contributed by atoms with van der Waals surface area (Å²) >= 11 is 0. The van der Waals surface area contributed by atoms with Gasteiger partial charge in [-0.2, -0.15) is 0 Å². The largest absolute Gasteiger partial charge is 3.00 e. The first kappa shape index (κ1) is 90.9. The van der Waals surface area contributed by atoms with Crippen LogP contribution in [0.5, 0.6) is 0 Å². The molecule has 0 aromatic heterocycles. The second kappa shape index (κ2) is 85.0. The van der Waals surface area contributed by atoms with Crippen molar-refractivity contribution in [2.75, 3.05) is 0 Å². The molecule has 0 bridgehead atoms. The van der Waals surface area contributed by atoms with E-state index in [0.29, 0.717) is 0 Å². The van der Waals surface area contributed by atoms with E-state index < -0.39 is 71.6 Å². The van der Waals surface area contributed by atoms with Gasteiger partial charge in [0.25, 0.3) is 35.8 Å². The summed E-state index contributed by atoms with van der Waals surface area (Å²) in [6, 6.07) is 0. The standard InChI is InChI=1S/12C2H4O2.2U/c12*1-2(3)4;;/h12*1H3,(H,3,4);;/q;;;;;;;;;;;;2*+3/p-6. The fourth-order valence-corrected chi connectivity index (χ4v) is 0. The average Bonchev–Trinajstić information content (AvgIpc) is 2.61. The van der Waals surface area contributed by atoms with Crippen LogP contribution in [0.15, 0.2) is 0 Å². The van der Waals surface area contributed by atoms with Crippen LogP contribution in [-0.4, -0.2) is 102 Å². The quantitative estimate of drug-likeness (QED) is 0.131. The van der Waals surface area contributed by atoms with Gasteiger partial charge in [-0.1, -0.05) is 0 Å². The van der Waals surface area contributed by atoms with E-state index in [1.807, 2.05) is 0 Å². The molecule has 0 aliphatic carbocycles. The van der Waals surface area contributed by atoms with Gasteiger partial charge in [-0.15, -0.1) is 0 Å². The molecule has 0 saturated carbocycles. The molecule has 0 aliphatic rings. The Morgan fingerprint density at radius 1 is 0.240 bits per heavy atom. The molecule has 0 aliphatic heterocycles. The van der Waals surface area contributed by atoms with Crippen LogP contribution in [0.25, 0.3) is 0 Å². The molecule has 0 rings (SSSR count). The number of carboxylic acids is 12. The third-order valence-electron chi connectivity index (χ3n) is 0. The first-order valence-electron chi connectivity index (χ1n) is 11.0. The molecule has 0 heterocycles. The topological polar surface area (TPSA) is 465 Å². The number of carboxylic acid groups (broad SMARTS) is 12. The minimum atomic E-state index is -1.08. The Bertz CT molecular complexity index is 594. The summed E-state index contributed by atoms with van der Waals surface area (Å²) in [6.07, 6.45) is 0. The maximum atomic E-state index is 9.00. The number of rotatable bonds is 0. The number of aliphatic carboxylic acids is 12. The van der Waals surface area contributed by atoms with Crippen molar-refractivity contribution >= 4 is 71.6 Å². The maximum Gasteiger partial charge on any atom is 3.00 e. The zero-order chi connectivity index (χ0) is 42.9. The average molecular weight is 1190 g/mol. The summed E-state index contributed by atoms with van der Waals surface area (Å²) in [5.41, 5.74) is 0. The number of carbonyl (C=O) groups is 12. The van der Waals surface area contributed by atoms with Gasteiger partial charge in [0.15, 0.2) is 0 Å². The second-order valence-electron chi connectivity index (χ2n) is 6.06. The smallest absolute Gasteiger partial charge is 0.550 e. The van der Waals surface area contributed by atoms with E-state index in [4.69, 9.17) is 119 Å². The Morgan fingerprint density at radius 3 is 0.240 bits per heavy atom. The Morgan fingerprint density at radius 2 is 0.240 bits per heavy atom. The van der Waals surface area contributed by atoms with Gasteiger partial charge in [0.1, 0.15) is 0 Å². The molecule has 0 atom stereocenters. The van der Waals surface area contributed by atoms with E-state index in [1.54, 1.807) is 0 Å². The van der Waals surface area contributed by atoms with Crippen molar-refractivity contribution in [3.05, 3.63) is 0 Å². The summed E-state index contributed by atoms with van der Waals surface area (Å²) in [5.74, 6) is -11.5. The molecule has 0 saturated heterocycles. The summed E-state index contributed by atoms with van der Waals surface area (Å²) < 4.78 is 0. The van der Waals surface area contributed by atoms with Crippen molar-refractivity contribution in [1.82, 2.24) is 0 Å². The van der Waals surface area contributed by atoms with Gasteiger partial charge in [-0.05, 0) is 41.5 Å². The SMILES string of the molecule is CC(=O)O.CC(=O)O.CC(=O)O.CC(=O)O.CC(=O)O.CC(=O)O.CC(=O)[O-].CC(=O)[O-].CC(=O)[O-].CC(=O)[O-].CC(=O)[O-].CC(=O)[O-].[U+3].[U+3]. The fourth-order valence-electron chi connectivity index (χ4n) is 0. The maximum absolute atomic E-state index is 9.00. The van der Waals surface area contributed by atoms with Crippen molar-refractivity contribution < 1.29 is 181 Å². The monoisotopic (exact) mass is 1190 g/mol. The molecule has 0 fully saturated rings. The fraction of sp³-hybridized carbons (Fsp3) is 0.500. The Balaban J connectivity index is -0.0000000235. The predicted octanol–water partition coefficient (Wildman–Crippen LogP) is -6.92. The minimum Gasteiger partial charge on any atom is -0.550 e. The van der Waals surface area contributed by atoms with Gasteiger partial charge < -0.3 is 90.0 Å². The molecule has 0 amide bonds. The van der Waals surface area contributed by atoms with E-state index in [-0.39, 0.29) is 62.2 Å². The number of carbonyl (C=O) groups excluding carboxylic acids is 6. The molecule has 290 valence electrons. The van der Waals surface area contributed by atoms with Gasteiger partial charge in [-0.3, -0.25) is 28.8 Å². The van der Waals surface area contributed by atoms with Gasteiger partial charge in [-0.25, -0.2) is 0 Å². The second-order valence-corrected chi connectivity index (χ2v) is 6.06. The van der Waals surface area contributed by atoms with Crippen molar-refractivity contribution in [1.29, 1.82) is 0 Å². The summed E-state index contributed by atoms with van der Waals surface area (Å²) in [6.45, 7) is 12.3. The molecule has 0 unspecified atom stereocenters. The first-order valence-corrected chi connectivity index (χ1v) is 11.0. The van der Waals surface area contributed by atoms with Gasteiger partial charge in [0.2, 0.25) is 0 Å². The number of hydrogen-bond acceptors (Lipinski definition) is 18. The van der Waals surface area contributed by atoms with Crippen LogP contribution in [0, 0.1) is 62.2 Å². The molecule has 24 nitrogen and oxygen atoms in total. The van der Waals surface area contributed by atoms with Crippen LogP contribution in [0.1, 0.15) is 83.1 Å². The molecule has 0 aromatic carbocycles. The van der Waals surface area contributed by atoms with Gasteiger partial charge >= 0.3 is 62.2 Å². The first-order chi connectivity index (χ1) is 20.8. The van der Waals surface area contributed by atoms with Gasteiger partial charge in [0.05, 0.1) is 0 Å². The minimum absolute atomic E-state index is 0. The number of hydrogen-bond donors (Lipinski definition) is 6. The summed E-state index contributed by atoms with van der Waals surface area (Å²) in [7, 11) is 0. The van der Waals surface area contributed by atoms with Crippen LogP contribution in [0.3, 0.4) is 0 Å². The Hall–Kier alpha value is -4.26. The van der Waals surface area contributed by atoms with Crippen LogP contribution in [0.2, 0.25) is 0 Å². The van der Waals surface area contributed by atoms with Crippen LogP contribution in [0.4, 0.5) is 0 Å². The van der Waals surface area contributed by atoms with E-state index in [1.165, 1.54) is 0 Å². The van der Waals surface area contributed by atoms with E-state index in [0.717, 1.165) is 83.1 Å². The van der Waals surface area contributed by atoms with E-state index in [9.17, 15) is 0 Å². The Labute approximate surface area is 333 Å². The summed E-state index contributed by atoms with van der Waals surface area (Å²) in [5, 5.41) is 97.8. The van der Waals surface area contributed by atoms with Crippen molar-refractivity contribution in [3.8, 4) is 0 Å². The normalized spacial score (nSPS) is 6.00. The van der Waals surface area contributed by atoms with Crippen molar-refractivity contribution in [3.63, 3.8) is 0 Å². The van der Waals surface area contributed by atoms with Crippen molar-refractivity contribution in [2.24, 2.45) is 0 Å². The molecular weight excluding hydrogens is 1150 g/mol. The summed E-state index contributed by atoms with van der Waals surface area (Å²) in [4.78, 5) is 107. The predicted molar refractivity (Wildman–Crippen MR) is 144 cm³/mol. The third kappa shape index (κ3) is 4410. The molecule has 50 heavy (non-hydrogen) atoms. The van der Waals surface area contributed by atoms with E-state index >= 15 is 0 Å². The van der Waals surface area contributed by atoms with Crippen LogP contribution in [-0.2, 0) is 57.5 Å². The molecule has 6 N–H and O–H groups in total. The molecule has 0 aromatic rings. The third-order valence-corrected chi connectivity index (χ3v) is 0. The van der Waals surface area contributed by atoms with Crippen LogP contribution >= 0.6 is 0 Å². The molecule has 26 heteroatoms. The van der Waals surface area contributed by atoms with Gasteiger partial charge in [0, 0.05) is 77.4 Å². The molecule has 0 spiro atoms. The zero-order valence-electron chi connectivity index (χ0n) is 29.0. The Kier molecular flexibility index (Phi) is 154. The molecule has 2 radical (unpaired) electrons. The van der Waals surface area contributed by atoms with Crippen molar-refractivity contribution in [2.45, 2.75) is 83.1 Å².